The van der Waals surface area contributed by atoms with Crippen molar-refractivity contribution < 1.29 is 8.78 Å². The van der Waals surface area contributed by atoms with Gasteiger partial charge in [0.05, 0.1) is 5.02 Å². The van der Waals surface area contributed by atoms with Crippen LogP contribution in [0.15, 0.2) is 30.3 Å². The molecule has 2 rings (SSSR count). The Balaban J connectivity index is 2.40. The number of nitrogens with two attached hydrogens (primary N) is 1. The standard InChI is InChI=1S/C15H12Cl3F2N/c1-15(21,7-8-2-3-9(16)4-13(8)19)10-5-14(20)12(18)6-11(10)17/h2-6H,7,21H2,1H3. The number of benzene rings is 2. The van der Waals surface area contributed by atoms with Crippen LogP contribution in [0, 0.1) is 11.6 Å². The van der Waals surface area contributed by atoms with E-state index in [-0.39, 0.29) is 16.5 Å². The fourth-order valence-electron chi connectivity index (χ4n) is 2.12. The third kappa shape index (κ3) is 3.67. The number of halogens is 5. The van der Waals surface area contributed by atoms with Crippen LogP contribution in [0.4, 0.5) is 8.78 Å². The van der Waals surface area contributed by atoms with Crippen LogP contribution in [-0.4, -0.2) is 0 Å². The van der Waals surface area contributed by atoms with E-state index in [1.165, 1.54) is 18.2 Å². The predicted octanol–water partition coefficient (Wildman–Crippen LogP) is 5.34. The molecule has 1 atom stereocenters. The number of hydrogen-bond donors (Lipinski definition) is 1. The first-order chi connectivity index (χ1) is 9.70. The molecular weight excluding hydrogens is 339 g/mol. The molecule has 1 nitrogen and oxygen atoms in total. The van der Waals surface area contributed by atoms with E-state index in [1.807, 2.05) is 0 Å². The van der Waals surface area contributed by atoms with Crippen LogP contribution in [0.2, 0.25) is 15.1 Å². The van der Waals surface area contributed by atoms with Gasteiger partial charge in [0, 0.05) is 15.6 Å². The Morgan fingerprint density at radius 2 is 1.67 bits per heavy atom. The average Bonchev–Trinajstić information content (AvgIpc) is 2.37. The van der Waals surface area contributed by atoms with Crippen LogP contribution >= 0.6 is 34.8 Å². The molecule has 112 valence electrons. The molecule has 0 aromatic heterocycles. The van der Waals surface area contributed by atoms with Gasteiger partial charge < -0.3 is 5.73 Å². The molecule has 0 spiro atoms. The Morgan fingerprint density at radius 1 is 1.00 bits per heavy atom. The lowest BCUT2D eigenvalue weighted by atomic mass is 9.86. The van der Waals surface area contributed by atoms with Gasteiger partial charge in [-0.15, -0.1) is 0 Å². The van der Waals surface area contributed by atoms with Crippen LogP contribution in [-0.2, 0) is 12.0 Å². The summed E-state index contributed by atoms with van der Waals surface area (Å²) in [6.07, 6.45) is 0.136. The lowest BCUT2D eigenvalue weighted by Gasteiger charge is -2.27. The first kappa shape index (κ1) is 16.5. The molecule has 0 amide bonds. The molecule has 0 aliphatic rings. The van der Waals surface area contributed by atoms with Crippen LogP contribution in [0.3, 0.4) is 0 Å². The van der Waals surface area contributed by atoms with Crippen LogP contribution in [0.5, 0.6) is 0 Å². The molecule has 0 saturated carbocycles. The third-order valence-electron chi connectivity index (χ3n) is 3.20. The van der Waals surface area contributed by atoms with E-state index in [2.05, 4.69) is 0 Å². The van der Waals surface area contributed by atoms with Gasteiger partial charge in [-0.3, -0.25) is 0 Å². The zero-order valence-electron chi connectivity index (χ0n) is 11.1. The minimum Gasteiger partial charge on any atom is -0.321 e. The zero-order chi connectivity index (χ0) is 15.8. The average molecular weight is 351 g/mol. The third-order valence-corrected chi connectivity index (χ3v) is 4.04. The fraction of sp³-hybridized carbons (Fsp3) is 0.200. The summed E-state index contributed by atoms with van der Waals surface area (Å²) in [5, 5.41) is 0.448. The molecule has 0 fully saturated rings. The summed E-state index contributed by atoms with van der Waals surface area (Å²) in [5.41, 5.74) is 5.88. The van der Waals surface area contributed by atoms with Crippen LogP contribution < -0.4 is 5.73 Å². The van der Waals surface area contributed by atoms with Crippen molar-refractivity contribution in [2.24, 2.45) is 5.73 Å². The summed E-state index contributed by atoms with van der Waals surface area (Å²) in [7, 11) is 0. The maximum absolute atomic E-state index is 13.9. The second-order valence-corrected chi connectivity index (χ2v) is 6.33. The minimum atomic E-state index is -1.06. The summed E-state index contributed by atoms with van der Waals surface area (Å²) in [6, 6.07) is 6.79. The molecule has 2 aromatic carbocycles. The summed E-state index contributed by atoms with van der Waals surface area (Å²) in [4.78, 5) is 0. The van der Waals surface area contributed by atoms with Crippen LogP contribution in [0.1, 0.15) is 18.1 Å². The highest BCUT2D eigenvalue weighted by Crippen LogP contribution is 2.33. The quantitative estimate of drug-likeness (QED) is 0.743. The molecule has 1 unspecified atom stereocenters. The lowest BCUT2D eigenvalue weighted by Crippen LogP contribution is -2.36. The highest BCUT2D eigenvalue weighted by atomic mass is 35.5. The van der Waals surface area contributed by atoms with Crippen LogP contribution in [0.25, 0.3) is 0 Å². The van der Waals surface area contributed by atoms with Crippen molar-refractivity contribution in [3.63, 3.8) is 0 Å². The van der Waals surface area contributed by atoms with Gasteiger partial charge in [-0.05, 0) is 48.7 Å². The van der Waals surface area contributed by atoms with Crippen molar-refractivity contribution >= 4 is 34.8 Å². The Hall–Kier alpha value is -0.870. The highest BCUT2D eigenvalue weighted by molar-refractivity contribution is 6.35. The molecule has 2 aromatic rings. The lowest BCUT2D eigenvalue weighted by molar-refractivity contribution is 0.472. The van der Waals surface area contributed by atoms with E-state index >= 15 is 0 Å². The zero-order valence-corrected chi connectivity index (χ0v) is 13.3. The van der Waals surface area contributed by atoms with Gasteiger partial charge in [0.15, 0.2) is 0 Å². The van der Waals surface area contributed by atoms with Gasteiger partial charge in [0.1, 0.15) is 11.6 Å². The first-order valence-corrected chi connectivity index (χ1v) is 7.22. The second kappa shape index (κ2) is 6.09. The Bertz CT molecular complexity index is 687. The Labute approximate surface area is 136 Å². The maximum atomic E-state index is 13.9. The van der Waals surface area contributed by atoms with E-state index in [0.29, 0.717) is 16.1 Å². The summed E-state index contributed by atoms with van der Waals surface area (Å²) < 4.78 is 27.5. The predicted molar refractivity (Wildman–Crippen MR) is 83.1 cm³/mol. The maximum Gasteiger partial charge on any atom is 0.142 e. The first-order valence-electron chi connectivity index (χ1n) is 6.08. The summed E-state index contributed by atoms with van der Waals surface area (Å²) in [6.45, 7) is 1.65. The van der Waals surface area contributed by atoms with Gasteiger partial charge in [0.2, 0.25) is 0 Å². The van der Waals surface area contributed by atoms with E-state index in [1.54, 1.807) is 19.1 Å². The molecule has 6 heteroatoms. The largest absolute Gasteiger partial charge is 0.321 e. The smallest absolute Gasteiger partial charge is 0.142 e. The van der Waals surface area contributed by atoms with Crippen molar-refractivity contribution in [3.05, 3.63) is 68.2 Å². The Kier molecular flexibility index (Phi) is 4.79. The molecule has 0 radical (unpaired) electrons. The monoisotopic (exact) mass is 349 g/mol. The van der Waals surface area contributed by atoms with E-state index in [4.69, 9.17) is 40.5 Å². The molecule has 0 aliphatic carbocycles. The van der Waals surface area contributed by atoms with E-state index in [0.717, 1.165) is 0 Å². The fourth-order valence-corrected chi connectivity index (χ4v) is 2.87. The second-order valence-electron chi connectivity index (χ2n) is 5.08. The normalized spacial score (nSPS) is 14.0. The van der Waals surface area contributed by atoms with E-state index < -0.39 is 17.2 Å². The summed E-state index contributed by atoms with van der Waals surface area (Å²) in [5.74, 6) is -1.09. The van der Waals surface area contributed by atoms with Gasteiger partial charge in [-0.25, -0.2) is 8.78 Å². The SMILES string of the molecule is CC(N)(Cc1ccc(Cl)cc1F)c1cc(F)c(Cl)cc1Cl. The van der Waals surface area contributed by atoms with Gasteiger partial charge >= 0.3 is 0 Å². The van der Waals surface area contributed by atoms with Crippen molar-refractivity contribution in [1.82, 2.24) is 0 Å². The molecular formula is C15H12Cl3F2N. The topological polar surface area (TPSA) is 26.0 Å². The van der Waals surface area contributed by atoms with Crippen molar-refractivity contribution in [1.29, 1.82) is 0 Å². The molecule has 0 saturated heterocycles. The van der Waals surface area contributed by atoms with Crippen molar-refractivity contribution in [2.75, 3.05) is 0 Å². The molecule has 0 aliphatic heterocycles. The minimum absolute atomic E-state index is 0.0859. The van der Waals surface area contributed by atoms with Gasteiger partial charge in [-0.1, -0.05) is 40.9 Å². The molecule has 0 bridgehead atoms. The highest BCUT2D eigenvalue weighted by Gasteiger charge is 2.27. The van der Waals surface area contributed by atoms with Crippen molar-refractivity contribution in [2.45, 2.75) is 18.9 Å². The molecule has 2 N–H and O–H groups in total. The summed E-state index contributed by atoms with van der Waals surface area (Å²) >= 11 is 17.4. The van der Waals surface area contributed by atoms with Crippen molar-refractivity contribution in [3.8, 4) is 0 Å². The molecule has 0 heterocycles. The van der Waals surface area contributed by atoms with Gasteiger partial charge in [-0.2, -0.15) is 0 Å². The Morgan fingerprint density at radius 3 is 2.29 bits per heavy atom. The number of rotatable bonds is 3. The van der Waals surface area contributed by atoms with E-state index in [9.17, 15) is 8.78 Å². The van der Waals surface area contributed by atoms with Gasteiger partial charge in [0.25, 0.3) is 0 Å². The number of hydrogen-bond acceptors (Lipinski definition) is 1. The molecule has 21 heavy (non-hydrogen) atoms.